The van der Waals surface area contributed by atoms with Crippen molar-refractivity contribution in [1.82, 2.24) is 24.4 Å². The van der Waals surface area contributed by atoms with E-state index in [1.54, 1.807) is 17.6 Å². The first-order chi connectivity index (χ1) is 12.9. The minimum atomic E-state index is -0.504. The molecule has 9 nitrogen and oxygen atoms in total. The highest BCUT2D eigenvalue weighted by Crippen LogP contribution is 2.25. The van der Waals surface area contributed by atoms with Crippen LogP contribution < -0.4 is 4.90 Å². The fraction of sp³-hybridized carbons (Fsp3) is 0.667. The van der Waals surface area contributed by atoms with Crippen molar-refractivity contribution < 1.29 is 14.3 Å². The van der Waals surface area contributed by atoms with Gasteiger partial charge >= 0.3 is 6.09 Å². The van der Waals surface area contributed by atoms with Gasteiger partial charge in [-0.05, 0) is 27.2 Å². The Hall–Kier alpha value is -2.42. The van der Waals surface area contributed by atoms with Gasteiger partial charge in [0.15, 0.2) is 17.0 Å². The molecule has 1 unspecified atom stereocenters. The van der Waals surface area contributed by atoms with E-state index in [2.05, 4.69) is 19.9 Å². The summed E-state index contributed by atoms with van der Waals surface area (Å²) >= 11 is 0. The smallest absolute Gasteiger partial charge is 0.410 e. The molecular formula is C18H26N6O3. The molecule has 0 aliphatic carbocycles. The average Bonchev–Trinajstić information content (AvgIpc) is 2.96. The van der Waals surface area contributed by atoms with Crippen LogP contribution in [0.5, 0.6) is 0 Å². The third-order valence-corrected chi connectivity index (χ3v) is 4.73. The Morgan fingerprint density at radius 1 is 1.26 bits per heavy atom. The molecule has 0 spiro atoms. The first kappa shape index (κ1) is 18.0. The molecule has 2 fully saturated rings. The Labute approximate surface area is 158 Å². The van der Waals surface area contributed by atoms with Crippen LogP contribution >= 0.6 is 0 Å². The zero-order chi connectivity index (χ0) is 19.0. The summed E-state index contributed by atoms with van der Waals surface area (Å²) in [7, 11) is 0. The van der Waals surface area contributed by atoms with Gasteiger partial charge in [0.25, 0.3) is 0 Å². The lowest BCUT2D eigenvalue weighted by atomic mass is 10.2. The largest absolute Gasteiger partial charge is 0.444 e. The predicted molar refractivity (Wildman–Crippen MR) is 99.7 cm³/mol. The molecule has 0 radical (unpaired) electrons. The lowest BCUT2D eigenvalue weighted by Crippen LogP contribution is -2.48. The molecule has 27 heavy (non-hydrogen) atoms. The third kappa shape index (κ3) is 3.83. The van der Waals surface area contributed by atoms with Gasteiger partial charge in [-0.2, -0.15) is 0 Å². The van der Waals surface area contributed by atoms with Gasteiger partial charge < -0.3 is 23.8 Å². The minimum absolute atomic E-state index is 0.133. The molecule has 0 saturated carbocycles. The van der Waals surface area contributed by atoms with Crippen molar-refractivity contribution in [3.8, 4) is 0 Å². The maximum atomic E-state index is 12.3. The van der Waals surface area contributed by atoms with Gasteiger partial charge in [-0.15, -0.1) is 0 Å². The molecular weight excluding hydrogens is 348 g/mol. The van der Waals surface area contributed by atoms with E-state index in [-0.39, 0.29) is 12.2 Å². The number of imidazole rings is 1. The van der Waals surface area contributed by atoms with Gasteiger partial charge in [0, 0.05) is 19.6 Å². The second-order valence-electron chi connectivity index (χ2n) is 8.03. The standard InChI is InChI=1S/C18H26N6O3/c1-18(2,3)27-17(25)23-7-8-26-13(9-23)10-24-12-21-14-15(22-5-4-6-22)19-11-20-16(14)24/h11-13H,4-10H2,1-3H3. The number of rotatable bonds is 3. The Morgan fingerprint density at radius 3 is 2.78 bits per heavy atom. The van der Waals surface area contributed by atoms with Gasteiger partial charge in [-0.25, -0.2) is 19.7 Å². The van der Waals surface area contributed by atoms with Crippen LogP contribution in [0.4, 0.5) is 10.6 Å². The van der Waals surface area contributed by atoms with E-state index in [0.29, 0.717) is 26.2 Å². The van der Waals surface area contributed by atoms with Crippen molar-refractivity contribution in [1.29, 1.82) is 0 Å². The number of aromatic nitrogens is 4. The summed E-state index contributed by atoms with van der Waals surface area (Å²) in [6.07, 6.45) is 4.11. The summed E-state index contributed by atoms with van der Waals surface area (Å²) in [6.45, 7) is 9.72. The van der Waals surface area contributed by atoms with Gasteiger partial charge in [-0.3, -0.25) is 0 Å². The Balaban J connectivity index is 1.46. The fourth-order valence-electron chi connectivity index (χ4n) is 3.30. The highest BCUT2D eigenvalue weighted by atomic mass is 16.6. The number of fused-ring (bicyclic) bond motifs is 1. The fourth-order valence-corrected chi connectivity index (χ4v) is 3.30. The zero-order valence-electron chi connectivity index (χ0n) is 16.1. The molecule has 1 amide bonds. The monoisotopic (exact) mass is 374 g/mol. The van der Waals surface area contributed by atoms with Crippen LogP contribution in [0.3, 0.4) is 0 Å². The maximum absolute atomic E-state index is 12.3. The number of anilines is 1. The molecule has 2 saturated heterocycles. The van der Waals surface area contributed by atoms with Crippen molar-refractivity contribution in [2.24, 2.45) is 0 Å². The molecule has 4 heterocycles. The molecule has 2 aliphatic rings. The third-order valence-electron chi connectivity index (χ3n) is 4.73. The van der Waals surface area contributed by atoms with Crippen LogP contribution in [0.25, 0.3) is 11.2 Å². The average molecular weight is 374 g/mol. The normalized spacial score (nSPS) is 20.6. The van der Waals surface area contributed by atoms with Crippen LogP contribution in [-0.2, 0) is 16.0 Å². The summed E-state index contributed by atoms with van der Waals surface area (Å²) in [4.78, 5) is 29.6. The zero-order valence-corrected chi connectivity index (χ0v) is 16.1. The van der Waals surface area contributed by atoms with Gasteiger partial charge in [0.05, 0.1) is 32.1 Å². The Morgan fingerprint density at radius 2 is 2.07 bits per heavy atom. The van der Waals surface area contributed by atoms with Crippen LogP contribution in [0.15, 0.2) is 12.7 Å². The number of carbonyl (C=O) groups is 1. The molecule has 0 N–H and O–H groups in total. The molecule has 0 bridgehead atoms. The predicted octanol–water partition coefficient (Wildman–Crippen LogP) is 1.67. The summed E-state index contributed by atoms with van der Waals surface area (Å²) < 4.78 is 13.3. The number of ether oxygens (including phenoxy) is 2. The number of carbonyl (C=O) groups excluding carboxylic acids is 1. The van der Waals surface area contributed by atoms with Gasteiger partial charge in [0.2, 0.25) is 0 Å². The van der Waals surface area contributed by atoms with E-state index < -0.39 is 5.60 Å². The molecule has 146 valence electrons. The van der Waals surface area contributed by atoms with Crippen molar-refractivity contribution in [3.05, 3.63) is 12.7 Å². The van der Waals surface area contributed by atoms with Crippen molar-refractivity contribution >= 4 is 23.1 Å². The SMILES string of the molecule is CC(C)(C)OC(=O)N1CCOC(Cn2cnc3c(N4CCC4)ncnc32)C1. The Bertz CT molecular complexity index is 826. The van der Waals surface area contributed by atoms with Crippen molar-refractivity contribution in [3.63, 3.8) is 0 Å². The maximum Gasteiger partial charge on any atom is 0.410 e. The molecule has 2 aliphatic heterocycles. The summed E-state index contributed by atoms with van der Waals surface area (Å²) in [5.74, 6) is 0.893. The highest BCUT2D eigenvalue weighted by molar-refractivity contribution is 5.83. The number of amides is 1. The van der Waals surface area contributed by atoms with E-state index in [1.165, 1.54) is 6.42 Å². The van der Waals surface area contributed by atoms with Crippen LogP contribution in [-0.4, -0.2) is 75.0 Å². The van der Waals surface area contributed by atoms with Gasteiger partial charge in [0.1, 0.15) is 11.9 Å². The molecule has 4 rings (SSSR count). The molecule has 9 heteroatoms. The van der Waals surface area contributed by atoms with Crippen LogP contribution in [0.2, 0.25) is 0 Å². The number of hydrogen-bond acceptors (Lipinski definition) is 7. The van der Waals surface area contributed by atoms with Crippen molar-refractivity contribution in [2.75, 3.05) is 37.7 Å². The highest BCUT2D eigenvalue weighted by Gasteiger charge is 2.29. The van der Waals surface area contributed by atoms with E-state index in [1.807, 2.05) is 25.3 Å². The lowest BCUT2D eigenvalue weighted by Gasteiger charge is -2.34. The van der Waals surface area contributed by atoms with E-state index >= 15 is 0 Å². The van der Waals surface area contributed by atoms with Crippen molar-refractivity contribution in [2.45, 2.75) is 45.4 Å². The summed E-state index contributed by atoms with van der Waals surface area (Å²) in [6, 6.07) is 0. The molecule has 1 atom stereocenters. The van der Waals surface area contributed by atoms with Crippen LogP contribution in [0.1, 0.15) is 27.2 Å². The van der Waals surface area contributed by atoms with E-state index in [0.717, 1.165) is 30.1 Å². The number of morpholine rings is 1. The topological polar surface area (TPSA) is 85.6 Å². The summed E-state index contributed by atoms with van der Waals surface area (Å²) in [5, 5.41) is 0. The first-order valence-corrected chi connectivity index (χ1v) is 9.41. The minimum Gasteiger partial charge on any atom is -0.444 e. The Kier molecular flexibility index (Phi) is 4.63. The van der Waals surface area contributed by atoms with Gasteiger partial charge in [-0.1, -0.05) is 0 Å². The van der Waals surface area contributed by atoms with E-state index in [4.69, 9.17) is 9.47 Å². The van der Waals surface area contributed by atoms with E-state index in [9.17, 15) is 4.79 Å². The second-order valence-corrected chi connectivity index (χ2v) is 8.03. The lowest BCUT2D eigenvalue weighted by molar-refractivity contribution is -0.0470. The number of nitrogens with zero attached hydrogens (tertiary/aromatic N) is 6. The first-order valence-electron chi connectivity index (χ1n) is 9.41. The number of hydrogen-bond donors (Lipinski definition) is 0. The second kappa shape index (κ2) is 6.95. The van der Waals surface area contributed by atoms with Crippen LogP contribution in [0, 0.1) is 0 Å². The quantitative estimate of drug-likeness (QED) is 0.808. The summed E-state index contributed by atoms with van der Waals surface area (Å²) in [5.41, 5.74) is 1.11. The molecule has 2 aromatic rings. The molecule has 0 aromatic carbocycles. The molecule has 2 aromatic heterocycles.